The molecule has 0 spiro atoms. The van der Waals surface area contributed by atoms with Crippen LogP contribution in [0.25, 0.3) is 0 Å². The van der Waals surface area contributed by atoms with Gasteiger partial charge in [-0.1, -0.05) is 42.5 Å². The molecular weight excluding hydrogens is 374 g/mol. The Balaban J connectivity index is 1.38. The normalized spacial score (nSPS) is 23.5. The highest BCUT2D eigenvalue weighted by Crippen LogP contribution is 2.54. The number of nitrogens with zero attached hydrogens (tertiary/aromatic N) is 1. The summed E-state index contributed by atoms with van der Waals surface area (Å²) < 4.78 is 11.1. The summed E-state index contributed by atoms with van der Waals surface area (Å²) in [5.74, 6) is 0.976. The van der Waals surface area contributed by atoms with E-state index < -0.39 is 10.9 Å². The van der Waals surface area contributed by atoms with Crippen molar-refractivity contribution < 1.29 is 19.1 Å². The van der Waals surface area contributed by atoms with Crippen LogP contribution in [0.15, 0.2) is 54.6 Å². The minimum Gasteiger partial charge on any atom is -0.490 e. The summed E-state index contributed by atoms with van der Waals surface area (Å²) in [6.07, 6.45) is 1.18. The molecule has 2 saturated heterocycles. The predicted octanol–water partition coefficient (Wildman–Crippen LogP) is 3.51. The number of carbonyl (C=O) groups excluding carboxylic acids is 2. The van der Waals surface area contributed by atoms with Crippen molar-refractivity contribution in [2.24, 2.45) is 0 Å². The highest BCUT2D eigenvalue weighted by atomic mass is 32.2. The van der Waals surface area contributed by atoms with Gasteiger partial charge in [0.15, 0.2) is 0 Å². The van der Waals surface area contributed by atoms with E-state index in [1.165, 1.54) is 0 Å². The van der Waals surface area contributed by atoms with E-state index in [0.717, 1.165) is 23.3 Å². The van der Waals surface area contributed by atoms with Crippen molar-refractivity contribution in [3.63, 3.8) is 0 Å². The highest BCUT2D eigenvalue weighted by molar-refractivity contribution is 8.00. The molecule has 2 aliphatic heterocycles. The van der Waals surface area contributed by atoms with Crippen molar-refractivity contribution in [1.82, 2.24) is 4.90 Å². The molecule has 0 N–H and O–H groups in total. The van der Waals surface area contributed by atoms with E-state index in [9.17, 15) is 9.59 Å². The number of thioether (sulfide) groups is 1. The van der Waals surface area contributed by atoms with E-state index >= 15 is 0 Å². The number of ether oxygens (including phenoxy) is 2. The fourth-order valence-corrected chi connectivity index (χ4v) is 5.56. The minimum atomic E-state index is -0.542. The molecule has 0 radical (unpaired) electrons. The molecule has 6 heteroatoms. The number of fused-ring (bicyclic) bond motifs is 1. The second-order valence-electron chi connectivity index (χ2n) is 7.07. The van der Waals surface area contributed by atoms with Crippen LogP contribution in [0.5, 0.6) is 5.75 Å². The monoisotopic (exact) mass is 397 g/mol. The average Bonchev–Trinajstić information content (AvgIpc) is 3.25. The summed E-state index contributed by atoms with van der Waals surface area (Å²) in [5, 5.41) is 0. The number of benzene rings is 2. The lowest BCUT2D eigenvalue weighted by molar-refractivity contribution is -0.154. The molecule has 2 aromatic carbocycles. The minimum absolute atomic E-state index is 0.0202. The summed E-state index contributed by atoms with van der Waals surface area (Å²) in [7, 11) is 0. The van der Waals surface area contributed by atoms with Gasteiger partial charge in [-0.3, -0.25) is 4.79 Å². The van der Waals surface area contributed by atoms with Crippen LogP contribution in [0, 0.1) is 6.92 Å². The maximum atomic E-state index is 12.7. The standard InChI is InChI=1S/C22H23NO4S/c1-16-6-5-9-18(14-16)26-12-13-27-21(25)19-15-28-22(11-10-20(24)23(19)22)17-7-3-2-4-8-17/h2-9,14,19H,10-13,15H2,1H3/t19-,22+/m1/s1. The summed E-state index contributed by atoms with van der Waals surface area (Å²) >= 11 is 1.66. The molecule has 1 amide bonds. The molecule has 0 aromatic heterocycles. The number of amides is 1. The van der Waals surface area contributed by atoms with Gasteiger partial charge in [0.1, 0.15) is 29.9 Å². The zero-order valence-corrected chi connectivity index (χ0v) is 16.6. The van der Waals surface area contributed by atoms with Gasteiger partial charge < -0.3 is 14.4 Å². The number of hydrogen-bond acceptors (Lipinski definition) is 5. The number of hydrogen-bond donors (Lipinski definition) is 0. The van der Waals surface area contributed by atoms with Crippen molar-refractivity contribution in [3.8, 4) is 5.75 Å². The third kappa shape index (κ3) is 3.49. The van der Waals surface area contributed by atoms with Crippen LogP contribution in [-0.4, -0.2) is 41.8 Å². The van der Waals surface area contributed by atoms with Crippen LogP contribution in [0.1, 0.15) is 24.0 Å². The topological polar surface area (TPSA) is 55.8 Å². The third-order valence-electron chi connectivity index (χ3n) is 5.21. The molecule has 28 heavy (non-hydrogen) atoms. The third-order valence-corrected chi connectivity index (χ3v) is 6.81. The van der Waals surface area contributed by atoms with Crippen LogP contribution in [-0.2, 0) is 19.2 Å². The van der Waals surface area contributed by atoms with Crippen LogP contribution in [0.2, 0.25) is 0 Å². The molecule has 0 saturated carbocycles. The van der Waals surface area contributed by atoms with Gasteiger partial charge in [-0.05, 0) is 36.6 Å². The first-order valence-electron chi connectivity index (χ1n) is 9.48. The van der Waals surface area contributed by atoms with Gasteiger partial charge in [0, 0.05) is 12.2 Å². The molecule has 2 fully saturated rings. The molecule has 4 rings (SSSR count). The van der Waals surface area contributed by atoms with Crippen molar-refractivity contribution in [1.29, 1.82) is 0 Å². The Labute approximate surface area is 169 Å². The van der Waals surface area contributed by atoms with Crippen molar-refractivity contribution in [2.45, 2.75) is 30.7 Å². The average molecular weight is 397 g/mol. The van der Waals surface area contributed by atoms with Gasteiger partial charge in [-0.25, -0.2) is 4.79 Å². The van der Waals surface area contributed by atoms with Gasteiger partial charge in [0.25, 0.3) is 0 Å². The van der Waals surface area contributed by atoms with Crippen molar-refractivity contribution in [3.05, 3.63) is 65.7 Å². The predicted molar refractivity (Wildman–Crippen MR) is 108 cm³/mol. The second-order valence-corrected chi connectivity index (χ2v) is 8.37. The van der Waals surface area contributed by atoms with Crippen molar-refractivity contribution in [2.75, 3.05) is 19.0 Å². The van der Waals surface area contributed by atoms with Crippen LogP contribution < -0.4 is 4.74 Å². The van der Waals surface area contributed by atoms with E-state index in [0.29, 0.717) is 12.2 Å². The van der Waals surface area contributed by atoms with Gasteiger partial charge in [0.05, 0.1) is 0 Å². The molecule has 2 atom stereocenters. The van der Waals surface area contributed by atoms with Crippen LogP contribution >= 0.6 is 11.8 Å². The number of rotatable bonds is 6. The zero-order chi connectivity index (χ0) is 19.6. The van der Waals surface area contributed by atoms with Crippen LogP contribution in [0.4, 0.5) is 0 Å². The highest BCUT2D eigenvalue weighted by Gasteiger charge is 2.57. The summed E-state index contributed by atoms with van der Waals surface area (Å²) in [6.45, 7) is 2.44. The molecule has 2 aromatic rings. The Hall–Kier alpha value is -2.47. The summed E-state index contributed by atoms with van der Waals surface area (Å²) in [4.78, 5) is 26.6. The maximum Gasteiger partial charge on any atom is 0.329 e. The molecule has 5 nitrogen and oxygen atoms in total. The Morgan fingerprint density at radius 1 is 1.18 bits per heavy atom. The molecular formula is C22H23NO4S. The van der Waals surface area contributed by atoms with Gasteiger partial charge >= 0.3 is 5.97 Å². The fourth-order valence-electron chi connectivity index (χ4n) is 3.92. The lowest BCUT2D eigenvalue weighted by Gasteiger charge is -2.33. The second kappa shape index (κ2) is 7.87. The smallest absolute Gasteiger partial charge is 0.329 e. The van der Waals surface area contributed by atoms with E-state index in [-0.39, 0.29) is 25.1 Å². The maximum absolute atomic E-state index is 12.7. The Morgan fingerprint density at radius 2 is 2.00 bits per heavy atom. The Kier molecular flexibility index (Phi) is 5.31. The zero-order valence-electron chi connectivity index (χ0n) is 15.8. The lowest BCUT2D eigenvalue weighted by atomic mass is 10.0. The van der Waals surface area contributed by atoms with Gasteiger partial charge in [0.2, 0.25) is 5.91 Å². The molecule has 146 valence electrons. The molecule has 0 bridgehead atoms. The van der Waals surface area contributed by atoms with E-state index in [2.05, 4.69) is 0 Å². The Morgan fingerprint density at radius 3 is 2.79 bits per heavy atom. The SMILES string of the molecule is Cc1cccc(OCCOC(=O)[C@H]2CS[C@]3(c4ccccc4)CCC(=O)N23)c1. The summed E-state index contributed by atoms with van der Waals surface area (Å²) in [5.41, 5.74) is 2.19. The Bertz CT molecular complexity index is 872. The quantitative estimate of drug-likeness (QED) is 0.552. The van der Waals surface area contributed by atoms with E-state index in [1.54, 1.807) is 16.7 Å². The largest absolute Gasteiger partial charge is 0.490 e. The van der Waals surface area contributed by atoms with Gasteiger partial charge in [-0.2, -0.15) is 0 Å². The molecule has 0 unspecified atom stereocenters. The first-order valence-corrected chi connectivity index (χ1v) is 10.5. The van der Waals surface area contributed by atoms with E-state index in [4.69, 9.17) is 9.47 Å². The van der Waals surface area contributed by atoms with Crippen molar-refractivity contribution >= 4 is 23.6 Å². The van der Waals surface area contributed by atoms with Gasteiger partial charge in [-0.15, -0.1) is 11.8 Å². The lowest BCUT2D eigenvalue weighted by Crippen LogP contribution is -2.46. The first-order chi connectivity index (χ1) is 13.6. The number of carbonyl (C=O) groups is 2. The molecule has 2 aliphatic rings. The molecule has 2 heterocycles. The van der Waals surface area contributed by atoms with E-state index in [1.807, 2.05) is 61.5 Å². The fraction of sp³-hybridized carbons (Fsp3) is 0.364. The number of esters is 1. The van der Waals surface area contributed by atoms with Crippen LogP contribution in [0.3, 0.4) is 0 Å². The molecule has 0 aliphatic carbocycles. The first kappa shape index (κ1) is 18.9. The summed E-state index contributed by atoms with van der Waals surface area (Å²) in [6, 6.07) is 17.2. The number of aryl methyl sites for hydroxylation is 1.